The molecule has 1 aromatic rings. The van der Waals surface area contributed by atoms with Crippen molar-refractivity contribution in [2.24, 2.45) is 0 Å². The van der Waals surface area contributed by atoms with Crippen LogP contribution in [0.3, 0.4) is 0 Å². The van der Waals surface area contributed by atoms with E-state index in [2.05, 4.69) is 22.6 Å². The smallest absolute Gasteiger partial charge is 0.507 e. The molecule has 0 heterocycles. The molecule has 0 aliphatic carbocycles. The second-order valence-corrected chi connectivity index (χ2v) is 2.61. The van der Waals surface area contributed by atoms with E-state index in [9.17, 15) is 0 Å². The number of hydrogen-bond acceptors (Lipinski definition) is 1. The van der Waals surface area contributed by atoms with Crippen molar-refractivity contribution in [3.63, 3.8) is 0 Å². The Bertz CT molecular complexity index is 169. The van der Waals surface area contributed by atoms with E-state index in [0.29, 0.717) is 5.75 Å². The van der Waals surface area contributed by atoms with Gasteiger partial charge >= 0.3 is 1.43 Å². The highest BCUT2D eigenvalue weighted by Crippen LogP contribution is 2.16. The highest BCUT2D eigenvalue weighted by atomic mass is 127. The van der Waals surface area contributed by atoms with Gasteiger partial charge in [0.2, 0.25) is 0 Å². The Kier molecular flexibility index (Phi) is 1.73. The molecule has 1 nitrogen and oxygen atoms in total. The number of phenols is 1. The van der Waals surface area contributed by atoms with Gasteiger partial charge in [0.25, 0.3) is 0 Å². The largest absolute Gasteiger partial charge is 1.00 e. The molecule has 0 atom stereocenters. The number of aromatic hydroxyl groups is 1. The van der Waals surface area contributed by atoms with Gasteiger partial charge in [-0.1, -0.05) is 12.1 Å². The lowest BCUT2D eigenvalue weighted by molar-refractivity contribution is 0.471. The van der Waals surface area contributed by atoms with Gasteiger partial charge in [-0.15, -0.1) is 0 Å². The second-order valence-electron chi connectivity index (χ2n) is 1.45. The average Bonchev–Trinajstić information content (AvgIpc) is 1.77. The Hall–Kier alpha value is -0.250. The number of phenolic OH excluding ortho intramolecular Hbond substituents is 1. The molecule has 1 rings (SSSR count). The molecule has 0 radical (unpaired) electrons. The van der Waals surface area contributed by atoms with Crippen LogP contribution in [0.15, 0.2) is 24.3 Å². The number of halogens is 1. The highest BCUT2D eigenvalue weighted by molar-refractivity contribution is 14.1. The lowest BCUT2D eigenvalue weighted by Crippen LogP contribution is -1.67. The summed E-state index contributed by atoms with van der Waals surface area (Å²) in [5.41, 5.74) is 0. The summed E-state index contributed by atoms with van der Waals surface area (Å²) in [4.78, 5) is 0. The van der Waals surface area contributed by atoms with Gasteiger partial charge in [0.1, 0.15) is 5.75 Å². The highest BCUT2D eigenvalue weighted by Gasteiger charge is 1.89. The predicted molar refractivity (Wildman–Crippen MR) is 41.9 cm³/mol. The number of hydrogen-bond donors (Lipinski definition) is 1. The van der Waals surface area contributed by atoms with Crippen molar-refractivity contribution in [1.29, 1.82) is 0 Å². The maximum absolute atomic E-state index is 8.91. The molecule has 0 saturated heterocycles. The van der Waals surface area contributed by atoms with Gasteiger partial charge in [-0.2, -0.15) is 0 Å². The van der Waals surface area contributed by atoms with E-state index in [1.807, 2.05) is 12.1 Å². The molecule has 0 bridgehead atoms. The molecule has 1 N–H and O–H groups in total. The van der Waals surface area contributed by atoms with Gasteiger partial charge in [0.05, 0.1) is 3.57 Å². The quantitative estimate of drug-likeness (QED) is 0.665. The van der Waals surface area contributed by atoms with Crippen LogP contribution in [0.2, 0.25) is 0 Å². The van der Waals surface area contributed by atoms with Crippen LogP contribution in [0.4, 0.5) is 0 Å². The predicted octanol–water partition coefficient (Wildman–Crippen LogP) is 2.11. The summed E-state index contributed by atoms with van der Waals surface area (Å²) in [5, 5.41) is 8.91. The Morgan fingerprint density at radius 1 is 1.38 bits per heavy atom. The second kappa shape index (κ2) is 2.35. The first-order chi connectivity index (χ1) is 3.80. The topological polar surface area (TPSA) is 20.2 Å². The van der Waals surface area contributed by atoms with Crippen molar-refractivity contribution in [2.75, 3.05) is 0 Å². The van der Waals surface area contributed by atoms with Crippen LogP contribution in [0.1, 0.15) is 1.43 Å². The van der Waals surface area contributed by atoms with Crippen molar-refractivity contribution in [1.82, 2.24) is 0 Å². The van der Waals surface area contributed by atoms with E-state index in [4.69, 9.17) is 5.11 Å². The van der Waals surface area contributed by atoms with Crippen LogP contribution in [0.5, 0.6) is 5.75 Å². The average molecular weight is 221 g/mol. The van der Waals surface area contributed by atoms with Crippen LogP contribution in [-0.4, -0.2) is 5.11 Å². The number of para-hydroxylation sites is 1. The van der Waals surface area contributed by atoms with Gasteiger partial charge in [-0.05, 0) is 34.7 Å². The summed E-state index contributed by atoms with van der Waals surface area (Å²) in [6.45, 7) is 0. The van der Waals surface area contributed by atoms with E-state index in [1.165, 1.54) is 0 Å². The van der Waals surface area contributed by atoms with E-state index >= 15 is 0 Å². The summed E-state index contributed by atoms with van der Waals surface area (Å²) in [5.74, 6) is 0.355. The molecule has 1 aromatic carbocycles. The summed E-state index contributed by atoms with van der Waals surface area (Å²) >= 11 is 2.07. The van der Waals surface area contributed by atoms with Crippen LogP contribution in [0, 0.1) is 3.57 Å². The zero-order valence-electron chi connectivity index (χ0n) is 5.13. The Morgan fingerprint density at radius 2 is 2.00 bits per heavy atom. The van der Waals surface area contributed by atoms with Crippen molar-refractivity contribution < 1.29 is 6.53 Å². The van der Waals surface area contributed by atoms with Gasteiger partial charge in [0, 0.05) is 0 Å². The number of benzene rings is 1. The minimum Gasteiger partial charge on any atom is -0.507 e. The fourth-order valence-corrected chi connectivity index (χ4v) is 0.839. The zero-order valence-corrected chi connectivity index (χ0v) is 6.29. The van der Waals surface area contributed by atoms with Crippen LogP contribution in [-0.2, 0) is 0 Å². The third kappa shape index (κ3) is 1.12. The molecular formula is C6H6IO+. The Labute approximate surface area is 63.0 Å². The summed E-state index contributed by atoms with van der Waals surface area (Å²) in [7, 11) is 0. The molecule has 0 aliphatic rings. The Morgan fingerprint density at radius 3 is 2.38 bits per heavy atom. The minimum absolute atomic E-state index is 0. The molecular weight excluding hydrogens is 215 g/mol. The van der Waals surface area contributed by atoms with Crippen LogP contribution in [0.25, 0.3) is 0 Å². The zero-order chi connectivity index (χ0) is 5.98. The lowest BCUT2D eigenvalue weighted by atomic mass is 10.3. The summed E-state index contributed by atoms with van der Waals surface area (Å²) in [6.07, 6.45) is 0. The monoisotopic (exact) mass is 221 g/mol. The standard InChI is InChI=1S/C6H5IO/c7-5-3-1-2-4-6(5)8/h1-4,8H/p+1. The van der Waals surface area contributed by atoms with E-state index in [0.717, 1.165) is 3.57 Å². The molecule has 0 aliphatic heterocycles. The summed E-state index contributed by atoms with van der Waals surface area (Å²) in [6, 6.07) is 7.22. The van der Waals surface area contributed by atoms with Crippen LogP contribution >= 0.6 is 22.6 Å². The molecule has 0 saturated carbocycles. The van der Waals surface area contributed by atoms with Crippen molar-refractivity contribution in [3.05, 3.63) is 27.8 Å². The van der Waals surface area contributed by atoms with Crippen molar-refractivity contribution >= 4 is 22.6 Å². The minimum atomic E-state index is 0. The molecule has 0 unspecified atom stereocenters. The molecule has 0 amide bonds. The Balaban J connectivity index is 0.000000640. The molecule has 2 heteroatoms. The van der Waals surface area contributed by atoms with Crippen molar-refractivity contribution in [2.45, 2.75) is 0 Å². The molecule has 0 fully saturated rings. The van der Waals surface area contributed by atoms with Gasteiger partial charge in [-0.3, -0.25) is 0 Å². The molecule has 42 valence electrons. The van der Waals surface area contributed by atoms with Gasteiger partial charge in [0.15, 0.2) is 0 Å². The van der Waals surface area contributed by atoms with Gasteiger partial charge in [-0.25, -0.2) is 0 Å². The molecule has 8 heavy (non-hydrogen) atoms. The summed E-state index contributed by atoms with van der Waals surface area (Å²) < 4.78 is 0.894. The number of rotatable bonds is 0. The molecule has 0 aromatic heterocycles. The fraction of sp³-hybridized carbons (Fsp3) is 0. The third-order valence-electron chi connectivity index (χ3n) is 0.852. The normalized spacial score (nSPS) is 9.12. The first kappa shape index (κ1) is 5.88. The first-order valence-corrected chi connectivity index (χ1v) is 3.32. The third-order valence-corrected chi connectivity index (χ3v) is 1.76. The van der Waals surface area contributed by atoms with Crippen molar-refractivity contribution in [3.8, 4) is 5.75 Å². The van der Waals surface area contributed by atoms with Gasteiger partial charge < -0.3 is 5.11 Å². The maximum Gasteiger partial charge on any atom is 1.00 e. The fourth-order valence-electron chi connectivity index (χ4n) is 0.452. The maximum atomic E-state index is 8.91. The van der Waals surface area contributed by atoms with E-state index in [-0.39, 0.29) is 1.43 Å². The van der Waals surface area contributed by atoms with Crippen LogP contribution < -0.4 is 0 Å². The van der Waals surface area contributed by atoms with E-state index < -0.39 is 0 Å². The van der Waals surface area contributed by atoms with E-state index in [1.54, 1.807) is 12.1 Å². The molecule has 0 spiro atoms. The first-order valence-electron chi connectivity index (χ1n) is 2.24. The SMILES string of the molecule is Oc1ccccc1I.[H+]. The lowest BCUT2D eigenvalue weighted by Gasteiger charge is -1.90.